The summed E-state index contributed by atoms with van der Waals surface area (Å²) in [7, 11) is 0. The summed E-state index contributed by atoms with van der Waals surface area (Å²) in [5, 5.41) is 8.89. The highest BCUT2D eigenvalue weighted by Crippen LogP contribution is 2.24. The molecular formula is C23H24N4O. The predicted octanol–water partition coefficient (Wildman–Crippen LogP) is 4.08. The Kier molecular flexibility index (Phi) is 4.87. The molecule has 4 rings (SSSR count). The molecule has 28 heavy (non-hydrogen) atoms. The lowest BCUT2D eigenvalue weighted by molar-refractivity contribution is 0.0683. The van der Waals surface area contributed by atoms with Gasteiger partial charge in [-0.3, -0.25) is 4.79 Å². The van der Waals surface area contributed by atoms with Crippen LogP contribution in [0.15, 0.2) is 42.7 Å². The van der Waals surface area contributed by atoms with E-state index in [0.29, 0.717) is 17.0 Å². The van der Waals surface area contributed by atoms with Gasteiger partial charge in [-0.05, 0) is 80.1 Å². The van der Waals surface area contributed by atoms with Crippen molar-refractivity contribution in [3.63, 3.8) is 0 Å². The maximum absolute atomic E-state index is 12.7. The Bertz CT molecular complexity index is 1050. The number of fused-ring (bicyclic) bond motifs is 1. The molecule has 142 valence electrons. The van der Waals surface area contributed by atoms with E-state index in [4.69, 9.17) is 5.26 Å². The highest BCUT2D eigenvalue weighted by Gasteiger charge is 2.24. The van der Waals surface area contributed by atoms with Gasteiger partial charge in [0.2, 0.25) is 0 Å². The molecule has 1 amide bonds. The zero-order chi connectivity index (χ0) is 19.7. The number of carbonyl (C=O) groups is 1. The third-order valence-electron chi connectivity index (χ3n) is 5.85. The summed E-state index contributed by atoms with van der Waals surface area (Å²) in [5.74, 6) is 0.603. The zero-order valence-corrected chi connectivity index (χ0v) is 16.4. The maximum atomic E-state index is 12.7. The van der Waals surface area contributed by atoms with Gasteiger partial charge in [-0.1, -0.05) is 0 Å². The van der Waals surface area contributed by atoms with Gasteiger partial charge in [0.05, 0.1) is 29.0 Å². The number of nitrogens with zero attached hydrogens (tertiary/aromatic N) is 4. The Labute approximate surface area is 165 Å². The first-order chi connectivity index (χ1) is 13.5. The van der Waals surface area contributed by atoms with E-state index in [9.17, 15) is 4.79 Å². The van der Waals surface area contributed by atoms with Gasteiger partial charge in [0.1, 0.15) is 0 Å². The second kappa shape index (κ2) is 7.47. The molecule has 0 unspecified atom stereocenters. The maximum Gasteiger partial charge on any atom is 0.253 e. The summed E-state index contributed by atoms with van der Waals surface area (Å²) in [6.07, 6.45) is 3.93. The summed E-state index contributed by atoms with van der Waals surface area (Å²) in [4.78, 5) is 19.2. The number of hydrogen-bond donors (Lipinski definition) is 0. The fourth-order valence-electron chi connectivity index (χ4n) is 3.93. The Morgan fingerprint density at radius 2 is 1.82 bits per heavy atom. The average molecular weight is 372 g/mol. The van der Waals surface area contributed by atoms with Crippen molar-refractivity contribution < 1.29 is 4.79 Å². The molecule has 3 aromatic rings. The largest absolute Gasteiger partial charge is 0.339 e. The number of nitriles is 1. The standard InChI is InChI=1S/C23H24N4O/c1-16-11-21-22(12-17(16)2)27(15-25-21)14-19-7-9-26(10-8-19)23(28)20-5-3-18(13-24)4-6-20/h3-6,11-12,15,19H,7-10,14H2,1-2H3. The number of likely N-dealkylation sites (tertiary alicyclic amines) is 1. The zero-order valence-electron chi connectivity index (χ0n) is 16.4. The Morgan fingerprint density at radius 1 is 1.14 bits per heavy atom. The molecule has 0 spiro atoms. The first-order valence-corrected chi connectivity index (χ1v) is 9.76. The molecule has 0 bridgehead atoms. The van der Waals surface area contributed by atoms with Crippen LogP contribution in [-0.2, 0) is 6.54 Å². The van der Waals surface area contributed by atoms with Gasteiger partial charge in [0.15, 0.2) is 0 Å². The van der Waals surface area contributed by atoms with Crippen LogP contribution in [0.3, 0.4) is 0 Å². The van der Waals surface area contributed by atoms with Crippen molar-refractivity contribution in [3.05, 3.63) is 65.0 Å². The summed E-state index contributed by atoms with van der Waals surface area (Å²) in [6, 6.07) is 13.4. The molecule has 1 aromatic heterocycles. The smallest absolute Gasteiger partial charge is 0.253 e. The van der Waals surface area contributed by atoms with E-state index in [-0.39, 0.29) is 5.91 Å². The van der Waals surface area contributed by atoms with Crippen molar-refractivity contribution >= 4 is 16.9 Å². The van der Waals surface area contributed by atoms with Crippen molar-refractivity contribution in [2.45, 2.75) is 33.2 Å². The van der Waals surface area contributed by atoms with Gasteiger partial charge in [-0.15, -0.1) is 0 Å². The molecule has 5 heteroatoms. The van der Waals surface area contributed by atoms with E-state index in [2.05, 4.69) is 41.6 Å². The van der Waals surface area contributed by atoms with Crippen molar-refractivity contribution in [3.8, 4) is 6.07 Å². The number of benzene rings is 2. The lowest BCUT2D eigenvalue weighted by Gasteiger charge is -2.32. The van der Waals surface area contributed by atoms with Crippen LogP contribution in [0, 0.1) is 31.1 Å². The van der Waals surface area contributed by atoms with Gasteiger partial charge in [-0.2, -0.15) is 5.26 Å². The fourth-order valence-corrected chi connectivity index (χ4v) is 3.93. The average Bonchev–Trinajstić information content (AvgIpc) is 3.10. The predicted molar refractivity (Wildman–Crippen MR) is 109 cm³/mol. The molecule has 2 heterocycles. The van der Waals surface area contributed by atoms with E-state index >= 15 is 0 Å². The van der Waals surface area contributed by atoms with Crippen LogP contribution in [-0.4, -0.2) is 33.4 Å². The number of rotatable bonds is 3. The molecule has 0 radical (unpaired) electrons. The minimum atomic E-state index is 0.0575. The summed E-state index contributed by atoms with van der Waals surface area (Å²) >= 11 is 0. The number of hydrogen-bond acceptors (Lipinski definition) is 3. The van der Waals surface area contributed by atoms with Crippen LogP contribution in [0.2, 0.25) is 0 Å². The Balaban J connectivity index is 1.40. The Morgan fingerprint density at radius 3 is 2.50 bits per heavy atom. The third kappa shape index (κ3) is 3.50. The van der Waals surface area contributed by atoms with Crippen LogP contribution in [0.1, 0.15) is 39.9 Å². The van der Waals surface area contributed by atoms with Crippen LogP contribution < -0.4 is 0 Å². The summed E-state index contributed by atoms with van der Waals surface area (Å²) in [5.41, 5.74) is 6.04. The number of amides is 1. The highest BCUT2D eigenvalue weighted by atomic mass is 16.2. The second-order valence-corrected chi connectivity index (χ2v) is 7.75. The quantitative estimate of drug-likeness (QED) is 0.696. The molecule has 1 aliphatic heterocycles. The Hall–Kier alpha value is -3.13. The first kappa shape index (κ1) is 18.2. The van der Waals surface area contributed by atoms with Crippen molar-refractivity contribution in [2.24, 2.45) is 5.92 Å². The molecule has 2 aromatic carbocycles. The van der Waals surface area contributed by atoms with Crippen LogP contribution in [0.5, 0.6) is 0 Å². The lowest BCUT2D eigenvalue weighted by Crippen LogP contribution is -2.39. The van der Waals surface area contributed by atoms with E-state index in [1.165, 1.54) is 16.6 Å². The van der Waals surface area contributed by atoms with Crippen molar-refractivity contribution in [2.75, 3.05) is 13.1 Å². The topological polar surface area (TPSA) is 61.9 Å². The van der Waals surface area contributed by atoms with E-state index in [1.807, 2.05) is 11.2 Å². The van der Waals surface area contributed by atoms with Gasteiger partial charge in [0.25, 0.3) is 5.91 Å². The normalized spacial score (nSPS) is 15.0. The molecule has 1 saturated heterocycles. The minimum Gasteiger partial charge on any atom is -0.339 e. The van der Waals surface area contributed by atoms with Gasteiger partial charge in [0, 0.05) is 25.2 Å². The van der Waals surface area contributed by atoms with Gasteiger partial charge in [-0.25, -0.2) is 4.98 Å². The van der Waals surface area contributed by atoms with Crippen LogP contribution in [0.25, 0.3) is 11.0 Å². The second-order valence-electron chi connectivity index (χ2n) is 7.75. The SMILES string of the molecule is Cc1cc2ncn(CC3CCN(C(=O)c4ccc(C#N)cc4)CC3)c2cc1C. The molecule has 1 aliphatic rings. The summed E-state index contributed by atoms with van der Waals surface area (Å²) < 4.78 is 2.25. The molecule has 0 aliphatic carbocycles. The number of aryl methyl sites for hydroxylation is 2. The van der Waals surface area contributed by atoms with Crippen LogP contribution >= 0.6 is 0 Å². The minimum absolute atomic E-state index is 0.0575. The van der Waals surface area contributed by atoms with Gasteiger partial charge < -0.3 is 9.47 Å². The van der Waals surface area contributed by atoms with Crippen molar-refractivity contribution in [1.82, 2.24) is 14.5 Å². The lowest BCUT2D eigenvalue weighted by atomic mass is 9.96. The summed E-state index contributed by atoms with van der Waals surface area (Å²) in [6.45, 7) is 6.74. The number of aromatic nitrogens is 2. The molecule has 0 atom stereocenters. The number of imidazole rings is 1. The highest BCUT2D eigenvalue weighted by molar-refractivity contribution is 5.94. The first-order valence-electron chi connectivity index (χ1n) is 9.76. The number of piperidine rings is 1. The van der Waals surface area contributed by atoms with Gasteiger partial charge >= 0.3 is 0 Å². The van der Waals surface area contributed by atoms with E-state index in [0.717, 1.165) is 38.0 Å². The van der Waals surface area contributed by atoms with E-state index in [1.54, 1.807) is 24.3 Å². The van der Waals surface area contributed by atoms with Crippen LogP contribution in [0.4, 0.5) is 0 Å². The van der Waals surface area contributed by atoms with E-state index < -0.39 is 0 Å². The molecule has 5 nitrogen and oxygen atoms in total. The molecule has 0 N–H and O–H groups in total. The molecular weight excluding hydrogens is 348 g/mol. The number of carbonyl (C=O) groups excluding carboxylic acids is 1. The third-order valence-corrected chi connectivity index (χ3v) is 5.85. The molecule has 0 saturated carbocycles. The molecule has 1 fully saturated rings. The van der Waals surface area contributed by atoms with Crippen molar-refractivity contribution in [1.29, 1.82) is 5.26 Å². The monoisotopic (exact) mass is 372 g/mol. The fraction of sp³-hybridized carbons (Fsp3) is 0.348.